The van der Waals surface area contributed by atoms with Crippen LogP contribution in [-0.2, 0) is 5.41 Å². The van der Waals surface area contributed by atoms with Gasteiger partial charge in [-0.05, 0) is 49.9 Å². The number of nitrogens with zero attached hydrogens (tertiary/aromatic N) is 5. The van der Waals surface area contributed by atoms with Crippen molar-refractivity contribution in [3.63, 3.8) is 0 Å². The van der Waals surface area contributed by atoms with Crippen LogP contribution in [0.4, 0.5) is 19.7 Å². The average Bonchev–Trinajstić information content (AvgIpc) is 3.23. The first kappa shape index (κ1) is 22.1. The van der Waals surface area contributed by atoms with E-state index in [2.05, 4.69) is 31.2 Å². The molecule has 0 bridgehead atoms. The van der Waals surface area contributed by atoms with Gasteiger partial charge in [-0.15, -0.1) is 0 Å². The van der Waals surface area contributed by atoms with Gasteiger partial charge in [-0.2, -0.15) is 5.26 Å². The van der Waals surface area contributed by atoms with Gasteiger partial charge in [0.05, 0.1) is 21.7 Å². The van der Waals surface area contributed by atoms with Crippen LogP contribution in [0.1, 0.15) is 30.7 Å². The highest BCUT2D eigenvalue weighted by molar-refractivity contribution is 7.22. The molecule has 6 rings (SSSR count). The van der Waals surface area contributed by atoms with E-state index < -0.39 is 17.0 Å². The van der Waals surface area contributed by atoms with Crippen molar-refractivity contribution in [1.29, 1.82) is 5.26 Å². The number of hydrogen-bond donors (Lipinski definition) is 2. The molecule has 10 heteroatoms. The fourth-order valence-corrected chi connectivity index (χ4v) is 6.01. The molecule has 1 saturated carbocycles. The second-order valence-electron chi connectivity index (χ2n) is 9.21. The lowest BCUT2D eigenvalue weighted by molar-refractivity contribution is 0.324. The van der Waals surface area contributed by atoms with Crippen LogP contribution in [0.25, 0.3) is 32.2 Å². The van der Waals surface area contributed by atoms with Gasteiger partial charge in [0.2, 0.25) is 0 Å². The fourth-order valence-electron chi connectivity index (χ4n) is 5.24. The Balaban J connectivity index is 1.71. The van der Waals surface area contributed by atoms with E-state index in [1.54, 1.807) is 6.92 Å². The van der Waals surface area contributed by atoms with Crippen LogP contribution in [0.3, 0.4) is 0 Å². The highest BCUT2D eigenvalue weighted by Crippen LogP contribution is 2.50. The van der Waals surface area contributed by atoms with Gasteiger partial charge in [0.15, 0.2) is 10.9 Å². The average molecular weight is 492 g/mol. The number of halogens is 2. The molecule has 7 nitrogen and oxygen atoms in total. The van der Waals surface area contributed by atoms with Gasteiger partial charge in [-0.1, -0.05) is 11.3 Å². The van der Waals surface area contributed by atoms with Crippen molar-refractivity contribution in [3.8, 4) is 17.2 Å². The number of anilines is 2. The molecule has 2 aromatic heterocycles. The number of fused-ring (bicyclic) bond motifs is 2. The Hall–Kier alpha value is -3.42. The Bertz CT molecular complexity index is 1530. The molecule has 0 atom stereocenters. The molecule has 0 amide bonds. The van der Waals surface area contributed by atoms with Crippen LogP contribution in [0.2, 0.25) is 0 Å². The van der Waals surface area contributed by atoms with Gasteiger partial charge in [-0.25, -0.2) is 23.7 Å². The molecule has 1 aliphatic carbocycles. The number of nitrogens with two attached hydrogens (primary N) is 1. The number of aromatic nitrogens is 3. The number of nitrogens with one attached hydrogen (secondary N) is 1. The molecular formula is C25H23F2N7S. The maximum atomic E-state index is 16.6. The zero-order chi connectivity index (χ0) is 24.3. The standard InChI is InChI=1S/C25H23F2N7S/c1-13-31-20-15(23(32-13)34-9-7-30-8-10-34)11-16(25(12-28)5-2-6-25)18(19(20)27)14-3-4-17(26)22-21(14)33-24(29)35-22/h3-4,11,30H,2,5-10H2,1H3,(H2,29,33). The van der Waals surface area contributed by atoms with Crippen molar-refractivity contribution in [1.82, 2.24) is 20.3 Å². The lowest BCUT2D eigenvalue weighted by atomic mass is 9.63. The number of piperazine rings is 1. The lowest BCUT2D eigenvalue weighted by Gasteiger charge is -2.38. The number of rotatable bonds is 3. The molecule has 35 heavy (non-hydrogen) atoms. The van der Waals surface area contributed by atoms with E-state index in [0.717, 1.165) is 43.9 Å². The first-order valence-corrected chi connectivity index (χ1v) is 12.5. The molecule has 178 valence electrons. The first-order chi connectivity index (χ1) is 16.9. The topological polar surface area (TPSA) is 104 Å². The van der Waals surface area contributed by atoms with E-state index >= 15 is 4.39 Å². The Kier molecular flexibility index (Phi) is 5.09. The van der Waals surface area contributed by atoms with Crippen molar-refractivity contribution >= 4 is 43.4 Å². The number of hydrogen-bond acceptors (Lipinski definition) is 8. The number of benzene rings is 2. The van der Waals surface area contributed by atoms with Crippen molar-refractivity contribution in [2.24, 2.45) is 0 Å². The third kappa shape index (κ3) is 3.33. The van der Waals surface area contributed by atoms with E-state index in [0.29, 0.717) is 46.5 Å². The summed E-state index contributed by atoms with van der Waals surface area (Å²) < 4.78 is 31.5. The molecule has 0 unspecified atom stereocenters. The summed E-state index contributed by atoms with van der Waals surface area (Å²) in [5.74, 6) is 0.138. The minimum absolute atomic E-state index is 0.192. The molecule has 1 aliphatic heterocycles. The van der Waals surface area contributed by atoms with Gasteiger partial charge in [0.1, 0.15) is 23.0 Å². The summed E-state index contributed by atoms with van der Waals surface area (Å²) in [6, 6.07) is 7.18. The Morgan fingerprint density at radius 1 is 1.14 bits per heavy atom. The molecule has 4 aromatic rings. The zero-order valence-electron chi connectivity index (χ0n) is 19.2. The SMILES string of the molecule is Cc1nc(N2CCNCC2)c2cc(C3(C#N)CCC3)c(-c3ccc(F)c4sc(N)nc34)c(F)c2n1. The summed E-state index contributed by atoms with van der Waals surface area (Å²) >= 11 is 1.03. The maximum absolute atomic E-state index is 16.6. The van der Waals surface area contributed by atoms with Gasteiger partial charge in [-0.3, -0.25) is 0 Å². The number of nitriles is 1. The largest absolute Gasteiger partial charge is 0.375 e. The molecule has 3 N–H and O–H groups in total. The summed E-state index contributed by atoms with van der Waals surface area (Å²) in [6.45, 7) is 4.84. The van der Waals surface area contributed by atoms with E-state index in [1.807, 2.05) is 6.07 Å². The number of nitrogen functional groups attached to an aromatic ring is 1. The minimum atomic E-state index is -0.835. The monoisotopic (exact) mass is 491 g/mol. The lowest BCUT2D eigenvalue weighted by Crippen LogP contribution is -2.44. The summed E-state index contributed by atoms with van der Waals surface area (Å²) in [5.41, 5.74) is 6.82. The van der Waals surface area contributed by atoms with Crippen LogP contribution in [0.15, 0.2) is 18.2 Å². The molecule has 1 saturated heterocycles. The fraction of sp³-hybridized carbons (Fsp3) is 0.360. The number of thiazole rings is 1. The van der Waals surface area contributed by atoms with Crippen molar-refractivity contribution in [2.75, 3.05) is 36.8 Å². The molecule has 0 spiro atoms. The summed E-state index contributed by atoms with van der Waals surface area (Å²) in [7, 11) is 0. The Labute approximate surface area is 204 Å². The van der Waals surface area contributed by atoms with E-state index in [9.17, 15) is 9.65 Å². The van der Waals surface area contributed by atoms with Gasteiger partial charge in [0.25, 0.3) is 0 Å². The normalized spacial score (nSPS) is 17.5. The Morgan fingerprint density at radius 2 is 1.91 bits per heavy atom. The van der Waals surface area contributed by atoms with Gasteiger partial charge < -0.3 is 16.0 Å². The summed E-state index contributed by atoms with van der Waals surface area (Å²) in [5, 5.41) is 14.3. The molecule has 2 aromatic carbocycles. The summed E-state index contributed by atoms with van der Waals surface area (Å²) in [4.78, 5) is 15.6. The van der Waals surface area contributed by atoms with Crippen molar-refractivity contribution < 1.29 is 8.78 Å². The van der Waals surface area contributed by atoms with Crippen LogP contribution in [0.5, 0.6) is 0 Å². The molecule has 2 aliphatic rings. The predicted molar refractivity (Wildman–Crippen MR) is 133 cm³/mol. The smallest absolute Gasteiger partial charge is 0.181 e. The number of aryl methyl sites for hydroxylation is 1. The molecule has 3 heterocycles. The van der Waals surface area contributed by atoms with E-state index in [-0.39, 0.29) is 20.9 Å². The highest BCUT2D eigenvalue weighted by Gasteiger charge is 2.43. The van der Waals surface area contributed by atoms with Crippen LogP contribution >= 0.6 is 11.3 Å². The predicted octanol–water partition coefficient (Wildman–Crippen LogP) is 4.43. The van der Waals surface area contributed by atoms with Gasteiger partial charge >= 0.3 is 0 Å². The van der Waals surface area contributed by atoms with Gasteiger partial charge in [0, 0.05) is 42.7 Å². The molecular weight excluding hydrogens is 468 g/mol. The zero-order valence-corrected chi connectivity index (χ0v) is 20.0. The first-order valence-electron chi connectivity index (χ1n) is 11.6. The minimum Gasteiger partial charge on any atom is -0.375 e. The quantitative estimate of drug-likeness (QED) is 0.437. The van der Waals surface area contributed by atoms with Crippen molar-refractivity contribution in [3.05, 3.63) is 41.2 Å². The summed E-state index contributed by atoms with van der Waals surface area (Å²) in [6.07, 6.45) is 2.13. The second kappa shape index (κ2) is 8.07. The maximum Gasteiger partial charge on any atom is 0.181 e. The molecule has 2 fully saturated rings. The third-order valence-electron chi connectivity index (χ3n) is 7.16. The van der Waals surface area contributed by atoms with Crippen LogP contribution in [0, 0.1) is 29.9 Å². The van der Waals surface area contributed by atoms with Crippen LogP contribution in [-0.4, -0.2) is 41.1 Å². The second-order valence-corrected chi connectivity index (χ2v) is 10.2. The third-order valence-corrected chi connectivity index (χ3v) is 8.05. The van der Waals surface area contributed by atoms with Crippen molar-refractivity contribution in [2.45, 2.75) is 31.6 Å². The molecule has 0 radical (unpaired) electrons. The highest BCUT2D eigenvalue weighted by atomic mass is 32.1. The Morgan fingerprint density at radius 3 is 2.60 bits per heavy atom. The van der Waals surface area contributed by atoms with E-state index in [1.165, 1.54) is 12.1 Å². The van der Waals surface area contributed by atoms with Crippen LogP contribution < -0.4 is 16.0 Å². The van der Waals surface area contributed by atoms with E-state index in [4.69, 9.17) is 5.73 Å².